The highest BCUT2D eigenvalue weighted by molar-refractivity contribution is 7.89. The molecule has 0 saturated carbocycles. The van der Waals surface area contributed by atoms with Crippen LogP contribution in [-0.4, -0.2) is 71.9 Å². The van der Waals surface area contributed by atoms with Crippen molar-refractivity contribution in [2.45, 2.75) is 25.7 Å². The lowest BCUT2D eigenvalue weighted by atomic mass is 10.3. The Morgan fingerprint density at radius 2 is 1.67 bits per heavy atom. The molecule has 0 atom stereocenters. The maximum Gasteiger partial charge on any atom is 0.247 e. The summed E-state index contributed by atoms with van der Waals surface area (Å²) in [5.74, 6) is 2.23. The van der Waals surface area contributed by atoms with Gasteiger partial charge in [0.2, 0.25) is 10.0 Å². The van der Waals surface area contributed by atoms with Gasteiger partial charge in [0.15, 0.2) is 5.82 Å². The normalized spacial score (nSPS) is 14.9. The Balaban J connectivity index is 1.51. The van der Waals surface area contributed by atoms with Crippen molar-refractivity contribution in [2.75, 3.05) is 44.3 Å². The average molecular weight is 473 g/mol. The average Bonchev–Trinajstić information content (AvgIpc) is 3.27. The Labute approximate surface area is 193 Å². The Morgan fingerprint density at radius 3 is 2.33 bits per heavy atom. The van der Waals surface area contributed by atoms with Crippen LogP contribution in [0.5, 0.6) is 11.5 Å². The lowest BCUT2D eigenvalue weighted by Crippen LogP contribution is -2.49. The van der Waals surface area contributed by atoms with Crippen LogP contribution in [0.15, 0.2) is 47.8 Å². The molecule has 0 unspecified atom stereocenters. The minimum atomic E-state index is -3.75. The summed E-state index contributed by atoms with van der Waals surface area (Å²) in [6.45, 7) is 8.08. The van der Waals surface area contributed by atoms with Gasteiger partial charge in [0.05, 0.1) is 18.9 Å². The van der Waals surface area contributed by atoms with E-state index in [4.69, 9.17) is 9.47 Å². The number of hydrogen-bond donors (Lipinski definition) is 0. The summed E-state index contributed by atoms with van der Waals surface area (Å²) in [5.41, 5.74) is 0.897. The van der Waals surface area contributed by atoms with E-state index in [9.17, 15) is 8.42 Å². The van der Waals surface area contributed by atoms with Crippen LogP contribution in [0.2, 0.25) is 0 Å². The van der Waals surface area contributed by atoms with Gasteiger partial charge in [-0.25, -0.2) is 23.1 Å². The molecule has 0 spiro atoms. The highest BCUT2D eigenvalue weighted by Gasteiger charge is 2.32. The zero-order valence-corrected chi connectivity index (χ0v) is 19.8. The third kappa shape index (κ3) is 4.93. The zero-order valence-electron chi connectivity index (χ0n) is 19.0. The quantitative estimate of drug-likeness (QED) is 0.492. The Hall–Kier alpha value is -3.18. The summed E-state index contributed by atoms with van der Waals surface area (Å²) in [6, 6.07) is 8.67. The predicted octanol–water partition coefficient (Wildman–Crippen LogP) is 2.28. The second-order valence-corrected chi connectivity index (χ2v) is 9.41. The molecule has 4 rings (SSSR count). The first-order chi connectivity index (χ1) is 15.9. The maximum absolute atomic E-state index is 13.5. The van der Waals surface area contributed by atoms with Gasteiger partial charge in [-0.15, -0.1) is 0 Å². The number of rotatable bonds is 8. The highest BCUT2D eigenvalue weighted by Crippen LogP contribution is 2.32. The number of aryl methyl sites for hydroxylation is 1. The summed E-state index contributed by atoms with van der Waals surface area (Å²) in [4.78, 5) is 10.8. The molecule has 176 valence electrons. The van der Waals surface area contributed by atoms with Gasteiger partial charge >= 0.3 is 0 Å². The topological polar surface area (TPSA) is 103 Å². The number of nitrogens with zero attached hydrogens (tertiary/aromatic N) is 6. The first kappa shape index (κ1) is 23.0. The van der Waals surface area contributed by atoms with Gasteiger partial charge in [-0.3, -0.25) is 0 Å². The number of anilines is 1. The summed E-state index contributed by atoms with van der Waals surface area (Å²) >= 11 is 0. The Morgan fingerprint density at radius 1 is 0.939 bits per heavy atom. The van der Waals surface area contributed by atoms with Crippen molar-refractivity contribution in [3.05, 3.63) is 48.5 Å². The molecule has 2 aromatic heterocycles. The minimum Gasteiger partial charge on any atom is -0.494 e. The number of hydrogen-bond acceptors (Lipinski definition) is 8. The van der Waals surface area contributed by atoms with E-state index in [0.29, 0.717) is 56.7 Å². The second-order valence-electron chi connectivity index (χ2n) is 7.50. The van der Waals surface area contributed by atoms with E-state index >= 15 is 0 Å². The second kappa shape index (κ2) is 9.75. The van der Waals surface area contributed by atoms with Gasteiger partial charge in [0, 0.05) is 44.5 Å². The molecule has 0 amide bonds. The fraction of sp³-hybridized carbons (Fsp3) is 0.409. The van der Waals surface area contributed by atoms with Gasteiger partial charge in [0.25, 0.3) is 0 Å². The molecule has 1 aliphatic heterocycles. The van der Waals surface area contributed by atoms with Crippen molar-refractivity contribution in [1.29, 1.82) is 0 Å². The van der Waals surface area contributed by atoms with Crippen molar-refractivity contribution in [1.82, 2.24) is 24.1 Å². The Bertz CT molecular complexity index is 1210. The molecule has 0 N–H and O–H groups in total. The fourth-order valence-corrected chi connectivity index (χ4v) is 5.26. The molecule has 0 bridgehead atoms. The number of piperazine rings is 1. The lowest BCUT2D eigenvalue weighted by Gasteiger charge is -2.34. The van der Waals surface area contributed by atoms with Crippen LogP contribution in [0, 0.1) is 6.92 Å². The van der Waals surface area contributed by atoms with Crippen molar-refractivity contribution in [3.8, 4) is 17.3 Å². The van der Waals surface area contributed by atoms with Crippen LogP contribution >= 0.6 is 0 Å². The third-order valence-corrected chi connectivity index (χ3v) is 7.22. The monoisotopic (exact) mass is 472 g/mol. The van der Waals surface area contributed by atoms with Gasteiger partial charge in [0.1, 0.15) is 28.5 Å². The van der Waals surface area contributed by atoms with Crippen LogP contribution in [0.25, 0.3) is 5.82 Å². The summed E-state index contributed by atoms with van der Waals surface area (Å²) in [6.07, 6.45) is 3.34. The molecule has 3 aromatic rings. The van der Waals surface area contributed by atoms with Crippen LogP contribution in [0.3, 0.4) is 0 Å². The molecule has 3 heterocycles. The van der Waals surface area contributed by atoms with Gasteiger partial charge < -0.3 is 14.4 Å². The summed E-state index contributed by atoms with van der Waals surface area (Å²) < 4.78 is 41.2. The number of benzene rings is 1. The molecule has 1 aliphatic rings. The SMILES string of the molecule is CCOc1ccc(OCC)c(S(=O)(=O)N2CCN(c3cc(-n4ccc(C)n4)ncn3)CC2)c1. The van der Waals surface area contributed by atoms with Gasteiger partial charge in [-0.1, -0.05) is 0 Å². The van der Waals surface area contributed by atoms with Crippen LogP contribution in [0.1, 0.15) is 19.5 Å². The molecular weight excluding hydrogens is 444 g/mol. The van der Waals surface area contributed by atoms with E-state index in [1.807, 2.05) is 44.0 Å². The van der Waals surface area contributed by atoms with Crippen LogP contribution in [0.4, 0.5) is 5.82 Å². The molecule has 1 saturated heterocycles. The van der Waals surface area contributed by atoms with E-state index in [1.54, 1.807) is 22.9 Å². The lowest BCUT2D eigenvalue weighted by molar-refractivity contribution is 0.319. The standard InChI is InChI=1S/C22H28N6O4S/c1-4-31-18-6-7-19(32-5-2)20(14-18)33(29,30)27-12-10-26(11-13-27)21-15-22(24-16-23-21)28-9-8-17(3)25-28/h6-9,14-16H,4-5,10-13H2,1-3H3. The summed E-state index contributed by atoms with van der Waals surface area (Å²) in [5, 5.41) is 4.39. The Kier molecular flexibility index (Phi) is 6.80. The van der Waals surface area contributed by atoms with E-state index in [2.05, 4.69) is 15.1 Å². The first-order valence-electron chi connectivity index (χ1n) is 10.9. The molecule has 1 aromatic carbocycles. The number of ether oxygens (including phenoxy) is 2. The molecule has 11 heteroatoms. The zero-order chi connectivity index (χ0) is 23.4. The maximum atomic E-state index is 13.5. The number of aromatic nitrogens is 4. The molecule has 33 heavy (non-hydrogen) atoms. The van der Waals surface area contributed by atoms with Gasteiger partial charge in [-0.2, -0.15) is 9.40 Å². The van der Waals surface area contributed by atoms with Gasteiger partial charge in [-0.05, 0) is 39.0 Å². The smallest absolute Gasteiger partial charge is 0.247 e. The fourth-order valence-electron chi connectivity index (χ4n) is 3.70. The van der Waals surface area contributed by atoms with E-state index in [0.717, 1.165) is 11.5 Å². The molecule has 10 nitrogen and oxygen atoms in total. The summed E-state index contributed by atoms with van der Waals surface area (Å²) in [7, 11) is -3.75. The van der Waals surface area contributed by atoms with Crippen molar-refractivity contribution < 1.29 is 17.9 Å². The van der Waals surface area contributed by atoms with Crippen molar-refractivity contribution in [2.24, 2.45) is 0 Å². The minimum absolute atomic E-state index is 0.127. The van der Waals surface area contributed by atoms with E-state index < -0.39 is 10.0 Å². The molecule has 0 aliphatic carbocycles. The first-order valence-corrected chi connectivity index (χ1v) is 12.4. The van der Waals surface area contributed by atoms with Crippen LogP contribution in [-0.2, 0) is 10.0 Å². The molecule has 1 fully saturated rings. The predicted molar refractivity (Wildman–Crippen MR) is 124 cm³/mol. The largest absolute Gasteiger partial charge is 0.494 e. The third-order valence-electron chi connectivity index (χ3n) is 5.30. The van der Waals surface area contributed by atoms with Crippen LogP contribution < -0.4 is 14.4 Å². The molecular formula is C22H28N6O4S. The molecule has 0 radical (unpaired) electrons. The number of sulfonamides is 1. The van der Waals surface area contributed by atoms with E-state index in [1.165, 1.54) is 10.6 Å². The van der Waals surface area contributed by atoms with Crippen molar-refractivity contribution in [3.63, 3.8) is 0 Å². The highest BCUT2D eigenvalue weighted by atomic mass is 32.2. The van der Waals surface area contributed by atoms with E-state index in [-0.39, 0.29) is 4.90 Å². The van der Waals surface area contributed by atoms with Crippen molar-refractivity contribution >= 4 is 15.8 Å².